The molecule has 7 heteroatoms. The number of carbonyl (C=O) groups is 2. The quantitative estimate of drug-likeness (QED) is 0.0644. The highest BCUT2D eigenvalue weighted by Crippen LogP contribution is 2.41. The minimum atomic E-state index is -0.686. The third-order valence-electron chi connectivity index (χ3n) is 7.96. The number of halogens is 2. The summed E-state index contributed by atoms with van der Waals surface area (Å²) in [6.07, 6.45) is 18.9. The second-order valence-electron chi connectivity index (χ2n) is 11.3. The highest BCUT2D eigenvalue weighted by atomic mass is 79.9. The van der Waals surface area contributed by atoms with Crippen LogP contribution in [0.3, 0.4) is 0 Å². The Bertz CT molecular complexity index is 963. The smallest absolute Gasteiger partial charge is 0.336 e. The lowest BCUT2D eigenvalue weighted by Crippen LogP contribution is -2.39. The van der Waals surface area contributed by atoms with Gasteiger partial charge in [0.1, 0.15) is 5.92 Å². The standard InChI is InChI=1S/C35H53Br2NO4/c1-3-5-7-9-11-13-15-20-24-41-34(39)32-29(26-36)38-30(27-37)33(31(32)28-22-18-17-19-23-28)35(40)42-25-21-16-14-12-10-8-6-4-2/h17-19,22-23,31-32H,3-16,20-21,24-27H2,1-2H3. The van der Waals surface area contributed by atoms with Crippen molar-refractivity contribution < 1.29 is 19.1 Å². The van der Waals surface area contributed by atoms with Gasteiger partial charge < -0.3 is 9.47 Å². The average molecular weight is 712 g/mol. The van der Waals surface area contributed by atoms with Crippen molar-refractivity contribution in [1.29, 1.82) is 0 Å². The van der Waals surface area contributed by atoms with Crippen LogP contribution in [0.1, 0.15) is 128 Å². The molecule has 0 bridgehead atoms. The first-order valence-corrected chi connectivity index (χ1v) is 18.6. The van der Waals surface area contributed by atoms with Gasteiger partial charge in [-0.25, -0.2) is 4.79 Å². The molecule has 1 aliphatic rings. The van der Waals surface area contributed by atoms with E-state index in [1.165, 1.54) is 64.2 Å². The molecule has 1 aromatic carbocycles. The zero-order valence-electron chi connectivity index (χ0n) is 26.0. The Morgan fingerprint density at radius 2 is 1.19 bits per heavy atom. The van der Waals surface area contributed by atoms with E-state index in [2.05, 4.69) is 45.7 Å². The van der Waals surface area contributed by atoms with Crippen molar-refractivity contribution >= 4 is 49.5 Å². The SMILES string of the molecule is CCCCCCCCCCOC(=O)C1=C(CBr)N=C(CBr)C(C(=O)OCCCCCCCCCC)C1c1ccccc1. The molecular weight excluding hydrogens is 658 g/mol. The maximum atomic E-state index is 13.6. The van der Waals surface area contributed by atoms with Gasteiger partial charge in [0.05, 0.1) is 24.5 Å². The van der Waals surface area contributed by atoms with Crippen molar-refractivity contribution in [2.75, 3.05) is 23.9 Å². The topological polar surface area (TPSA) is 65.0 Å². The molecule has 0 fully saturated rings. The van der Waals surface area contributed by atoms with E-state index in [0.717, 1.165) is 44.1 Å². The zero-order chi connectivity index (χ0) is 30.4. The van der Waals surface area contributed by atoms with Crippen molar-refractivity contribution in [1.82, 2.24) is 0 Å². The summed E-state index contributed by atoms with van der Waals surface area (Å²) in [5.74, 6) is -1.92. The molecule has 0 N–H and O–H groups in total. The molecule has 0 spiro atoms. The normalized spacial score (nSPS) is 16.8. The van der Waals surface area contributed by atoms with Gasteiger partial charge in [-0.3, -0.25) is 9.79 Å². The van der Waals surface area contributed by atoms with E-state index < -0.39 is 11.8 Å². The molecule has 2 unspecified atom stereocenters. The molecule has 2 rings (SSSR count). The zero-order valence-corrected chi connectivity index (χ0v) is 29.2. The van der Waals surface area contributed by atoms with Crippen LogP contribution in [0.4, 0.5) is 0 Å². The van der Waals surface area contributed by atoms with Gasteiger partial charge in [-0.05, 0) is 18.4 Å². The van der Waals surface area contributed by atoms with Crippen molar-refractivity contribution in [3.63, 3.8) is 0 Å². The molecule has 1 aromatic rings. The van der Waals surface area contributed by atoms with E-state index in [-0.39, 0.29) is 11.9 Å². The average Bonchev–Trinajstić information content (AvgIpc) is 3.02. The van der Waals surface area contributed by atoms with Gasteiger partial charge in [0.15, 0.2) is 0 Å². The lowest BCUT2D eigenvalue weighted by Gasteiger charge is -2.32. The van der Waals surface area contributed by atoms with Gasteiger partial charge in [0, 0.05) is 22.3 Å². The van der Waals surface area contributed by atoms with E-state index >= 15 is 0 Å². The summed E-state index contributed by atoms with van der Waals surface area (Å²) in [6.45, 7) is 5.22. The first-order valence-electron chi connectivity index (χ1n) is 16.4. The van der Waals surface area contributed by atoms with Crippen LogP contribution in [0.2, 0.25) is 0 Å². The van der Waals surface area contributed by atoms with Crippen molar-refractivity contribution in [3.8, 4) is 0 Å². The Hall–Kier alpha value is -1.47. The van der Waals surface area contributed by atoms with Crippen LogP contribution in [-0.2, 0) is 19.1 Å². The molecule has 0 aliphatic carbocycles. The molecule has 0 aromatic heterocycles. The largest absolute Gasteiger partial charge is 0.465 e. The number of alkyl halides is 2. The highest BCUT2D eigenvalue weighted by molar-refractivity contribution is 9.09. The Morgan fingerprint density at radius 3 is 1.69 bits per heavy atom. The van der Waals surface area contributed by atoms with Gasteiger partial charge in [-0.1, -0.05) is 166 Å². The number of nitrogens with zero attached hydrogens (tertiary/aromatic N) is 1. The fraction of sp³-hybridized carbons (Fsp3) is 0.686. The van der Waals surface area contributed by atoms with Crippen molar-refractivity contribution in [2.24, 2.45) is 10.9 Å². The first kappa shape index (κ1) is 36.7. The Labute approximate surface area is 271 Å². The van der Waals surface area contributed by atoms with Crippen molar-refractivity contribution in [2.45, 2.75) is 122 Å². The summed E-state index contributed by atoms with van der Waals surface area (Å²) in [4.78, 5) is 32.0. The molecular formula is C35H53Br2NO4. The second-order valence-corrected chi connectivity index (χ2v) is 12.5. The maximum Gasteiger partial charge on any atom is 0.336 e. The van der Waals surface area contributed by atoms with Gasteiger partial charge >= 0.3 is 11.9 Å². The molecule has 1 aliphatic heterocycles. The number of rotatable bonds is 23. The van der Waals surface area contributed by atoms with Crippen LogP contribution in [0, 0.1) is 5.92 Å². The van der Waals surface area contributed by atoms with Crippen LogP contribution in [0.25, 0.3) is 0 Å². The summed E-state index contributed by atoms with van der Waals surface area (Å²) < 4.78 is 11.7. The van der Waals surface area contributed by atoms with E-state index in [0.29, 0.717) is 40.9 Å². The predicted molar refractivity (Wildman–Crippen MR) is 182 cm³/mol. The molecule has 42 heavy (non-hydrogen) atoms. The number of ether oxygens (including phenoxy) is 2. The number of unbranched alkanes of at least 4 members (excludes halogenated alkanes) is 14. The summed E-state index contributed by atoms with van der Waals surface area (Å²) in [7, 11) is 0. The van der Waals surface area contributed by atoms with Crippen molar-refractivity contribution in [3.05, 3.63) is 47.2 Å². The van der Waals surface area contributed by atoms with Gasteiger partial charge in [0.2, 0.25) is 0 Å². The Morgan fingerprint density at radius 1 is 0.690 bits per heavy atom. The predicted octanol–water partition coefficient (Wildman–Crippen LogP) is 10.3. The number of aliphatic imine (C=N–C) groups is 1. The molecule has 0 radical (unpaired) electrons. The Balaban J connectivity index is 2.07. The van der Waals surface area contributed by atoms with E-state index in [1.807, 2.05) is 30.3 Å². The molecule has 236 valence electrons. The van der Waals surface area contributed by atoms with E-state index in [4.69, 9.17) is 14.5 Å². The fourth-order valence-electron chi connectivity index (χ4n) is 5.57. The lowest BCUT2D eigenvalue weighted by molar-refractivity contribution is -0.147. The van der Waals surface area contributed by atoms with Gasteiger partial charge in [-0.2, -0.15) is 0 Å². The first-order chi connectivity index (χ1) is 20.6. The molecule has 2 atom stereocenters. The van der Waals surface area contributed by atoms with Gasteiger partial charge in [0.25, 0.3) is 0 Å². The minimum Gasteiger partial charge on any atom is -0.465 e. The lowest BCUT2D eigenvalue weighted by atomic mass is 9.75. The van der Waals surface area contributed by atoms with Gasteiger partial charge in [-0.15, -0.1) is 0 Å². The third-order valence-corrected chi connectivity index (χ3v) is 9.07. The van der Waals surface area contributed by atoms with Crippen LogP contribution >= 0.6 is 31.9 Å². The number of esters is 2. The molecule has 0 saturated carbocycles. The second kappa shape index (κ2) is 23.0. The van der Waals surface area contributed by atoms with Crippen LogP contribution in [-0.4, -0.2) is 41.5 Å². The van der Waals surface area contributed by atoms with Crippen LogP contribution in [0.5, 0.6) is 0 Å². The van der Waals surface area contributed by atoms with E-state index in [9.17, 15) is 9.59 Å². The van der Waals surface area contributed by atoms with E-state index in [1.54, 1.807) is 0 Å². The number of benzene rings is 1. The molecule has 5 nitrogen and oxygen atoms in total. The number of allylic oxidation sites excluding steroid dienone is 1. The summed E-state index contributed by atoms with van der Waals surface area (Å²) >= 11 is 7.10. The fourth-order valence-corrected chi connectivity index (χ4v) is 6.47. The van der Waals surface area contributed by atoms with Crippen LogP contribution in [0.15, 0.2) is 46.6 Å². The number of carbonyl (C=O) groups excluding carboxylic acids is 2. The summed E-state index contributed by atoms with van der Waals surface area (Å²) in [5, 5.41) is 0.819. The Kier molecular flexibility index (Phi) is 20.1. The summed E-state index contributed by atoms with van der Waals surface area (Å²) in [6, 6.07) is 9.76. The van der Waals surface area contributed by atoms with Crippen LogP contribution < -0.4 is 0 Å². The molecule has 1 heterocycles. The summed E-state index contributed by atoms with van der Waals surface area (Å²) in [5.41, 5.74) is 2.64. The third kappa shape index (κ3) is 13.0. The number of hydrogen-bond acceptors (Lipinski definition) is 5. The molecule has 0 amide bonds. The monoisotopic (exact) mass is 709 g/mol. The highest BCUT2D eigenvalue weighted by Gasteiger charge is 2.44. The number of hydrogen-bond donors (Lipinski definition) is 0. The maximum absolute atomic E-state index is 13.6. The molecule has 0 saturated heterocycles. The minimum absolute atomic E-state index is 0.327.